The van der Waals surface area contributed by atoms with Gasteiger partial charge in [-0.25, -0.2) is 8.42 Å². The van der Waals surface area contributed by atoms with Crippen molar-refractivity contribution in [3.63, 3.8) is 0 Å². The third-order valence-corrected chi connectivity index (χ3v) is 6.29. The highest BCUT2D eigenvalue weighted by atomic mass is 32.2. The topological polar surface area (TPSA) is 75.7 Å². The molecule has 0 bridgehead atoms. The van der Waals surface area contributed by atoms with Crippen molar-refractivity contribution in [2.75, 3.05) is 18.5 Å². The van der Waals surface area contributed by atoms with Crippen molar-refractivity contribution in [3.05, 3.63) is 53.6 Å². The molecule has 0 saturated heterocycles. The quantitative estimate of drug-likeness (QED) is 0.787. The van der Waals surface area contributed by atoms with Gasteiger partial charge in [0.2, 0.25) is 0 Å². The first kappa shape index (κ1) is 20.8. The fourth-order valence-corrected chi connectivity index (χ4v) is 3.85. The maximum atomic E-state index is 12.9. The molecule has 7 heteroatoms. The number of carbonyl (C=O) groups is 1. The zero-order valence-electron chi connectivity index (χ0n) is 16.3. The van der Waals surface area contributed by atoms with Crippen LogP contribution in [-0.2, 0) is 10.0 Å². The molecule has 1 amide bonds. The summed E-state index contributed by atoms with van der Waals surface area (Å²) in [6.07, 6.45) is 0.839. The number of sulfonamides is 1. The normalized spacial score (nSPS) is 12.3. The number of nitrogens with zero attached hydrogens (tertiary/aromatic N) is 1. The molecule has 27 heavy (non-hydrogen) atoms. The van der Waals surface area contributed by atoms with E-state index in [1.54, 1.807) is 37.3 Å². The minimum atomic E-state index is -3.72. The van der Waals surface area contributed by atoms with Crippen LogP contribution in [0.4, 0.5) is 5.69 Å². The number of benzene rings is 2. The first-order valence-corrected chi connectivity index (χ1v) is 10.2. The zero-order chi connectivity index (χ0) is 20.2. The Hall–Kier alpha value is -2.54. The Balaban J connectivity index is 2.29. The molecule has 2 aromatic carbocycles. The highest BCUT2D eigenvalue weighted by Crippen LogP contribution is 2.27. The Bertz CT molecular complexity index is 908. The second-order valence-corrected chi connectivity index (χ2v) is 8.40. The Morgan fingerprint density at radius 2 is 1.81 bits per heavy atom. The molecule has 0 aliphatic rings. The molecule has 0 saturated carbocycles. The van der Waals surface area contributed by atoms with Crippen LogP contribution in [0.1, 0.15) is 36.2 Å². The Morgan fingerprint density at radius 3 is 2.33 bits per heavy atom. The molecule has 0 spiro atoms. The van der Waals surface area contributed by atoms with Gasteiger partial charge >= 0.3 is 0 Å². The number of hydrogen-bond acceptors (Lipinski definition) is 4. The molecule has 146 valence electrons. The lowest BCUT2D eigenvalue weighted by atomic mass is 10.1. The van der Waals surface area contributed by atoms with Crippen LogP contribution in [0.2, 0.25) is 0 Å². The van der Waals surface area contributed by atoms with E-state index in [4.69, 9.17) is 4.74 Å². The number of ether oxygens (including phenoxy) is 1. The van der Waals surface area contributed by atoms with E-state index < -0.39 is 10.0 Å². The van der Waals surface area contributed by atoms with E-state index in [9.17, 15) is 13.2 Å². The SMILES string of the molecule is CC[C@H](C)NC(=O)c1ccc(N(C)S(=O)(=O)c2ccc(OC)cc2)c(C)c1. The molecule has 6 nitrogen and oxygen atoms in total. The van der Waals surface area contributed by atoms with Crippen molar-refractivity contribution in [2.45, 2.75) is 38.1 Å². The second kappa shape index (κ2) is 8.43. The number of rotatable bonds is 7. The minimum Gasteiger partial charge on any atom is -0.497 e. The molecule has 0 aliphatic carbocycles. The molecule has 2 rings (SSSR count). The number of aryl methyl sites for hydroxylation is 1. The number of amides is 1. The summed E-state index contributed by atoms with van der Waals surface area (Å²) in [5.74, 6) is 0.420. The first-order valence-electron chi connectivity index (χ1n) is 8.75. The van der Waals surface area contributed by atoms with E-state index in [2.05, 4.69) is 5.32 Å². The Labute approximate surface area is 161 Å². The summed E-state index contributed by atoms with van der Waals surface area (Å²) in [7, 11) is -0.692. The van der Waals surface area contributed by atoms with Gasteiger partial charge in [0.15, 0.2) is 0 Å². The van der Waals surface area contributed by atoms with E-state index >= 15 is 0 Å². The summed E-state index contributed by atoms with van der Waals surface area (Å²) in [5, 5.41) is 2.91. The molecule has 1 atom stereocenters. The second-order valence-electron chi connectivity index (χ2n) is 6.43. The summed E-state index contributed by atoms with van der Waals surface area (Å²) in [6, 6.07) is 11.3. The van der Waals surface area contributed by atoms with Crippen LogP contribution in [0, 0.1) is 6.92 Å². The van der Waals surface area contributed by atoms with Crippen molar-refractivity contribution < 1.29 is 17.9 Å². The fourth-order valence-electron chi connectivity index (χ4n) is 2.59. The maximum absolute atomic E-state index is 12.9. The van der Waals surface area contributed by atoms with Crippen LogP contribution in [0.5, 0.6) is 5.75 Å². The number of carbonyl (C=O) groups excluding carboxylic acids is 1. The lowest BCUT2D eigenvalue weighted by Gasteiger charge is -2.22. The summed E-state index contributed by atoms with van der Waals surface area (Å²) in [5.41, 5.74) is 1.73. The largest absolute Gasteiger partial charge is 0.497 e. The van der Waals surface area contributed by atoms with Crippen LogP contribution in [-0.4, -0.2) is 34.5 Å². The van der Waals surface area contributed by atoms with Gasteiger partial charge in [-0.15, -0.1) is 0 Å². The molecular formula is C20H26N2O4S. The predicted molar refractivity (Wildman–Crippen MR) is 107 cm³/mol. The Morgan fingerprint density at radius 1 is 1.19 bits per heavy atom. The van der Waals surface area contributed by atoms with E-state index in [0.29, 0.717) is 22.6 Å². The summed E-state index contributed by atoms with van der Waals surface area (Å²) in [6.45, 7) is 5.72. The molecule has 0 fully saturated rings. The maximum Gasteiger partial charge on any atom is 0.264 e. The third-order valence-electron chi connectivity index (χ3n) is 4.51. The minimum absolute atomic E-state index is 0.0793. The third kappa shape index (κ3) is 4.60. The van der Waals surface area contributed by atoms with Crippen molar-refractivity contribution in [3.8, 4) is 5.75 Å². The molecule has 0 unspecified atom stereocenters. The lowest BCUT2D eigenvalue weighted by molar-refractivity contribution is 0.0939. The molecule has 0 aliphatic heterocycles. The van der Waals surface area contributed by atoms with Gasteiger partial charge in [-0.1, -0.05) is 6.92 Å². The molecule has 0 heterocycles. The van der Waals surface area contributed by atoms with Gasteiger partial charge in [0.25, 0.3) is 15.9 Å². The number of nitrogens with one attached hydrogen (secondary N) is 1. The number of hydrogen-bond donors (Lipinski definition) is 1. The molecule has 2 aromatic rings. The van der Waals surface area contributed by atoms with Gasteiger partial charge in [-0.3, -0.25) is 9.10 Å². The van der Waals surface area contributed by atoms with Gasteiger partial charge in [0, 0.05) is 18.7 Å². The standard InChI is InChI=1S/C20H26N2O4S/c1-6-15(3)21-20(23)16-7-12-19(14(2)13-16)22(4)27(24,25)18-10-8-17(26-5)9-11-18/h7-13,15H,6H2,1-5H3,(H,21,23)/t15-/m0/s1. The van der Waals surface area contributed by atoms with Gasteiger partial charge in [0.1, 0.15) is 5.75 Å². The average molecular weight is 391 g/mol. The van der Waals surface area contributed by atoms with Crippen LogP contribution in [0.25, 0.3) is 0 Å². The highest BCUT2D eigenvalue weighted by Gasteiger charge is 2.23. The monoisotopic (exact) mass is 390 g/mol. The summed E-state index contributed by atoms with van der Waals surface area (Å²) < 4.78 is 32.1. The van der Waals surface area contributed by atoms with Gasteiger partial charge in [-0.2, -0.15) is 0 Å². The fraction of sp³-hybridized carbons (Fsp3) is 0.350. The molecule has 0 aromatic heterocycles. The van der Waals surface area contributed by atoms with Crippen molar-refractivity contribution >= 4 is 21.6 Å². The number of anilines is 1. The predicted octanol–water partition coefficient (Wildman–Crippen LogP) is 3.36. The highest BCUT2D eigenvalue weighted by molar-refractivity contribution is 7.92. The van der Waals surface area contributed by atoms with Crippen molar-refractivity contribution in [1.29, 1.82) is 0 Å². The zero-order valence-corrected chi connectivity index (χ0v) is 17.1. The van der Waals surface area contributed by atoms with Crippen LogP contribution in [0.15, 0.2) is 47.4 Å². The van der Waals surface area contributed by atoms with Crippen LogP contribution < -0.4 is 14.4 Å². The van der Waals surface area contributed by atoms with Crippen molar-refractivity contribution in [2.24, 2.45) is 0 Å². The number of methoxy groups -OCH3 is 1. The smallest absolute Gasteiger partial charge is 0.264 e. The van der Waals surface area contributed by atoms with E-state index in [1.807, 2.05) is 13.8 Å². The van der Waals surface area contributed by atoms with E-state index in [0.717, 1.165) is 6.42 Å². The van der Waals surface area contributed by atoms with Gasteiger partial charge < -0.3 is 10.1 Å². The summed E-state index contributed by atoms with van der Waals surface area (Å²) in [4.78, 5) is 12.4. The molecular weight excluding hydrogens is 364 g/mol. The van der Waals surface area contributed by atoms with Crippen LogP contribution in [0.3, 0.4) is 0 Å². The van der Waals surface area contributed by atoms with Gasteiger partial charge in [-0.05, 0) is 68.3 Å². The van der Waals surface area contributed by atoms with Gasteiger partial charge in [0.05, 0.1) is 17.7 Å². The Kier molecular flexibility index (Phi) is 6.49. The molecule has 1 N–H and O–H groups in total. The van der Waals surface area contributed by atoms with Crippen molar-refractivity contribution in [1.82, 2.24) is 5.32 Å². The van der Waals surface area contributed by atoms with E-state index in [-0.39, 0.29) is 16.8 Å². The van der Waals surface area contributed by atoms with E-state index in [1.165, 1.54) is 30.6 Å². The average Bonchev–Trinajstić information content (AvgIpc) is 2.67. The molecule has 0 radical (unpaired) electrons. The summed E-state index contributed by atoms with van der Waals surface area (Å²) >= 11 is 0. The first-order chi connectivity index (χ1) is 12.7. The lowest BCUT2D eigenvalue weighted by Crippen LogP contribution is -2.32. The van der Waals surface area contributed by atoms with Crippen LogP contribution >= 0.6 is 0 Å².